The van der Waals surface area contributed by atoms with E-state index in [1.807, 2.05) is 0 Å². The second-order valence-corrected chi connectivity index (χ2v) is 3.89. The van der Waals surface area contributed by atoms with E-state index in [0.717, 1.165) is 0 Å². The van der Waals surface area contributed by atoms with Crippen molar-refractivity contribution in [3.8, 4) is 0 Å². The zero-order valence-corrected chi connectivity index (χ0v) is 9.40. The fourth-order valence-electron chi connectivity index (χ4n) is 1.48. The van der Waals surface area contributed by atoms with Gasteiger partial charge in [-0.3, -0.25) is 0 Å². The van der Waals surface area contributed by atoms with Gasteiger partial charge in [0.25, 0.3) is 0 Å². The number of hydrogen-bond donors (Lipinski definition) is 2. The van der Waals surface area contributed by atoms with Gasteiger partial charge in [-0.1, -0.05) is 11.6 Å². The van der Waals surface area contributed by atoms with Crippen molar-refractivity contribution >= 4 is 29.4 Å². The Kier molecular flexibility index (Phi) is 3.14. The van der Waals surface area contributed by atoms with Gasteiger partial charge in [0.2, 0.25) is 0 Å². The van der Waals surface area contributed by atoms with Gasteiger partial charge in [-0.2, -0.15) is 0 Å². The molecule has 1 atom stereocenters. The van der Waals surface area contributed by atoms with Gasteiger partial charge >= 0.3 is 11.9 Å². The molecule has 2 N–H and O–H groups in total. The molecule has 0 aromatic carbocycles. The molecule has 1 aliphatic heterocycles. The number of aromatic carboxylic acids is 1. The minimum Gasteiger partial charge on any atom is -0.476 e. The van der Waals surface area contributed by atoms with Crippen molar-refractivity contribution in [2.45, 2.75) is 12.5 Å². The average Bonchev–Trinajstić information content (AvgIpc) is 2.67. The number of nitrogens with zero attached hydrogens (tertiary/aromatic N) is 1. The molecule has 90 valence electrons. The number of cyclic esters (lactones) is 1. The Morgan fingerprint density at radius 2 is 2.35 bits per heavy atom. The molecule has 0 aliphatic carbocycles. The molecule has 0 radical (unpaired) electrons. The molecule has 0 amide bonds. The monoisotopic (exact) mass is 256 g/mol. The maximum atomic E-state index is 11.2. The second kappa shape index (κ2) is 4.58. The zero-order valence-electron chi connectivity index (χ0n) is 8.64. The molecule has 7 heteroatoms. The molecule has 2 rings (SSSR count). The summed E-state index contributed by atoms with van der Waals surface area (Å²) in [6, 6.07) is 2.45. The number of carboxylic acids is 1. The summed E-state index contributed by atoms with van der Waals surface area (Å²) in [5.74, 6) is -1.29. The molecule has 1 aromatic heterocycles. The summed E-state index contributed by atoms with van der Waals surface area (Å²) in [7, 11) is 0. The molecule has 0 bridgehead atoms. The SMILES string of the molecule is O=C(O)c1nc(NC2CCOC2=O)ccc1Cl. The van der Waals surface area contributed by atoms with Gasteiger partial charge in [0.05, 0.1) is 11.6 Å². The van der Waals surface area contributed by atoms with Crippen LogP contribution in [0.4, 0.5) is 5.82 Å². The highest BCUT2D eigenvalue weighted by Gasteiger charge is 2.26. The van der Waals surface area contributed by atoms with Crippen molar-refractivity contribution in [1.82, 2.24) is 4.98 Å². The lowest BCUT2D eigenvalue weighted by Crippen LogP contribution is -2.25. The van der Waals surface area contributed by atoms with Crippen LogP contribution < -0.4 is 5.32 Å². The molecule has 17 heavy (non-hydrogen) atoms. The topological polar surface area (TPSA) is 88.5 Å². The zero-order chi connectivity index (χ0) is 12.4. The number of hydrogen-bond acceptors (Lipinski definition) is 5. The van der Waals surface area contributed by atoms with Crippen LogP contribution in [0.1, 0.15) is 16.9 Å². The lowest BCUT2D eigenvalue weighted by Gasteiger charge is -2.10. The molecule has 1 unspecified atom stereocenters. The van der Waals surface area contributed by atoms with Crippen molar-refractivity contribution < 1.29 is 19.4 Å². The number of nitrogens with one attached hydrogen (secondary N) is 1. The first-order chi connectivity index (χ1) is 8.08. The highest BCUT2D eigenvalue weighted by atomic mass is 35.5. The van der Waals surface area contributed by atoms with Crippen LogP contribution in [0.3, 0.4) is 0 Å². The molecular weight excluding hydrogens is 248 g/mol. The van der Waals surface area contributed by atoms with E-state index in [2.05, 4.69) is 10.3 Å². The Balaban J connectivity index is 2.19. The Hall–Kier alpha value is -1.82. The van der Waals surface area contributed by atoms with Crippen LogP contribution in [0, 0.1) is 0 Å². The molecule has 1 aliphatic rings. The number of aromatic nitrogens is 1. The third-order valence-electron chi connectivity index (χ3n) is 2.31. The molecule has 0 spiro atoms. The highest BCUT2D eigenvalue weighted by molar-refractivity contribution is 6.33. The van der Waals surface area contributed by atoms with Crippen LogP contribution in [-0.2, 0) is 9.53 Å². The van der Waals surface area contributed by atoms with Gasteiger partial charge in [0, 0.05) is 6.42 Å². The summed E-state index contributed by atoms with van der Waals surface area (Å²) in [6.45, 7) is 0.357. The number of pyridine rings is 1. The van der Waals surface area contributed by atoms with E-state index in [1.54, 1.807) is 0 Å². The van der Waals surface area contributed by atoms with Crippen molar-refractivity contribution in [3.63, 3.8) is 0 Å². The molecule has 6 nitrogen and oxygen atoms in total. The molecule has 1 saturated heterocycles. The van der Waals surface area contributed by atoms with Gasteiger partial charge in [-0.15, -0.1) is 0 Å². The third-order valence-corrected chi connectivity index (χ3v) is 2.61. The Labute approximate surface area is 102 Å². The fraction of sp³-hybridized carbons (Fsp3) is 0.300. The van der Waals surface area contributed by atoms with Crippen molar-refractivity contribution in [1.29, 1.82) is 0 Å². The molecule has 2 heterocycles. The summed E-state index contributed by atoms with van der Waals surface area (Å²) in [5.41, 5.74) is -0.247. The molecule has 0 saturated carbocycles. The van der Waals surface area contributed by atoms with Crippen LogP contribution in [0.15, 0.2) is 12.1 Å². The molecule has 1 fully saturated rings. The molecule has 1 aromatic rings. The molecular formula is C10H9ClN2O4. The lowest BCUT2D eigenvalue weighted by molar-refractivity contribution is -0.138. The Morgan fingerprint density at radius 3 is 2.94 bits per heavy atom. The van der Waals surface area contributed by atoms with Crippen LogP contribution in [-0.4, -0.2) is 34.7 Å². The minimum atomic E-state index is -1.22. The number of carbonyl (C=O) groups excluding carboxylic acids is 1. The highest BCUT2D eigenvalue weighted by Crippen LogP contribution is 2.19. The van der Waals surface area contributed by atoms with Gasteiger partial charge in [-0.25, -0.2) is 14.6 Å². The number of carbonyl (C=O) groups is 2. The number of ether oxygens (including phenoxy) is 1. The fourth-order valence-corrected chi connectivity index (χ4v) is 1.66. The standard InChI is InChI=1S/C10H9ClN2O4/c11-5-1-2-7(13-8(5)9(14)15)12-6-3-4-17-10(6)16/h1-2,6H,3-4H2,(H,12,13)(H,14,15). The van der Waals surface area contributed by atoms with E-state index in [0.29, 0.717) is 13.0 Å². The van der Waals surface area contributed by atoms with E-state index in [9.17, 15) is 9.59 Å². The van der Waals surface area contributed by atoms with Gasteiger partial charge < -0.3 is 15.2 Å². The first-order valence-corrected chi connectivity index (χ1v) is 5.29. The largest absolute Gasteiger partial charge is 0.476 e. The van der Waals surface area contributed by atoms with Crippen LogP contribution in [0.25, 0.3) is 0 Å². The number of esters is 1. The van der Waals surface area contributed by atoms with E-state index in [4.69, 9.17) is 21.4 Å². The quantitative estimate of drug-likeness (QED) is 0.789. The first-order valence-electron chi connectivity index (χ1n) is 4.91. The smallest absolute Gasteiger partial charge is 0.356 e. The first kappa shape index (κ1) is 11.7. The number of halogens is 1. The summed E-state index contributed by atoms with van der Waals surface area (Å²) in [5, 5.41) is 11.7. The third kappa shape index (κ3) is 2.47. The van der Waals surface area contributed by atoms with Crippen molar-refractivity contribution in [2.24, 2.45) is 0 Å². The van der Waals surface area contributed by atoms with E-state index in [1.165, 1.54) is 12.1 Å². The van der Waals surface area contributed by atoms with Gasteiger partial charge in [-0.05, 0) is 12.1 Å². The number of rotatable bonds is 3. The van der Waals surface area contributed by atoms with Crippen LogP contribution in [0.2, 0.25) is 5.02 Å². The summed E-state index contributed by atoms with van der Waals surface area (Å²) in [6.07, 6.45) is 0.533. The van der Waals surface area contributed by atoms with Crippen molar-refractivity contribution in [2.75, 3.05) is 11.9 Å². The Bertz CT molecular complexity index is 477. The summed E-state index contributed by atoms with van der Waals surface area (Å²) in [4.78, 5) is 25.8. The maximum absolute atomic E-state index is 11.2. The lowest BCUT2D eigenvalue weighted by atomic mass is 10.2. The van der Waals surface area contributed by atoms with E-state index in [-0.39, 0.29) is 22.5 Å². The number of anilines is 1. The van der Waals surface area contributed by atoms with E-state index < -0.39 is 12.0 Å². The summed E-state index contributed by atoms with van der Waals surface area (Å²) < 4.78 is 4.77. The van der Waals surface area contributed by atoms with Crippen LogP contribution >= 0.6 is 11.6 Å². The minimum absolute atomic E-state index is 0.0528. The number of carboxylic acid groups (broad SMARTS) is 1. The van der Waals surface area contributed by atoms with Crippen LogP contribution in [0.5, 0.6) is 0 Å². The van der Waals surface area contributed by atoms with E-state index >= 15 is 0 Å². The summed E-state index contributed by atoms with van der Waals surface area (Å²) >= 11 is 5.67. The van der Waals surface area contributed by atoms with Crippen molar-refractivity contribution in [3.05, 3.63) is 22.8 Å². The normalized spacial score (nSPS) is 18.9. The second-order valence-electron chi connectivity index (χ2n) is 3.49. The predicted octanol–water partition coefficient (Wildman–Crippen LogP) is 1.16. The predicted molar refractivity (Wildman–Crippen MR) is 59.2 cm³/mol. The van der Waals surface area contributed by atoms with Gasteiger partial charge in [0.1, 0.15) is 11.9 Å². The average molecular weight is 257 g/mol. The Morgan fingerprint density at radius 1 is 1.59 bits per heavy atom. The maximum Gasteiger partial charge on any atom is 0.356 e. The van der Waals surface area contributed by atoms with Gasteiger partial charge in [0.15, 0.2) is 5.69 Å².